The SMILES string of the molecule is CCC.[CH2-]C.[Y]. The summed E-state index contributed by atoms with van der Waals surface area (Å²) in [4.78, 5) is 0. The molecule has 0 amide bonds. The molecule has 0 aromatic carbocycles. The van der Waals surface area contributed by atoms with Gasteiger partial charge in [-0.15, -0.1) is 0 Å². The van der Waals surface area contributed by atoms with Crippen molar-refractivity contribution in [1.29, 1.82) is 0 Å². The molecule has 0 bridgehead atoms. The largest absolute Gasteiger partial charge is 0.346 e. The minimum Gasteiger partial charge on any atom is -0.346 e. The van der Waals surface area contributed by atoms with Crippen molar-refractivity contribution in [1.82, 2.24) is 0 Å². The maximum Gasteiger partial charge on any atom is 0 e. The van der Waals surface area contributed by atoms with Crippen LogP contribution in [-0.4, -0.2) is 0 Å². The molecule has 1 radical (unpaired) electrons. The van der Waals surface area contributed by atoms with E-state index in [0.29, 0.717) is 0 Å². The van der Waals surface area contributed by atoms with Crippen molar-refractivity contribution in [2.75, 3.05) is 0 Å². The van der Waals surface area contributed by atoms with Crippen LogP contribution >= 0.6 is 0 Å². The second-order valence-corrected chi connectivity index (χ2v) is 0.707. The fourth-order valence-corrected chi connectivity index (χ4v) is 0. The van der Waals surface area contributed by atoms with Crippen molar-refractivity contribution < 1.29 is 32.7 Å². The van der Waals surface area contributed by atoms with Gasteiger partial charge in [0.25, 0.3) is 0 Å². The van der Waals surface area contributed by atoms with E-state index in [1.54, 1.807) is 6.92 Å². The number of hydrogen-bond donors (Lipinski definition) is 0. The Kier molecular flexibility index (Phi) is 94.1. The first-order chi connectivity index (χ1) is 2.41. The van der Waals surface area contributed by atoms with Crippen LogP contribution < -0.4 is 0 Å². The van der Waals surface area contributed by atoms with E-state index in [4.69, 9.17) is 0 Å². The summed E-state index contributed by atoms with van der Waals surface area (Å²) < 4.78 is 0. The van der Waals surface area contributed by atoms with Crippen LogP contribution in [0.2, 0.25) is 0 Å². The molecule has 0 spiro atoms. The van der Waals surface area contributed by atoms with Gasteiger partial charge in [0, 0.05) is 32.7 Å². The van der Waals surface area contributed by atoms with Crippen molar-refractivity contribution in [3.8, 4) is 0 Å². The predicted octanol–water partition coefficient (Wildman–Crippen LogP) is 2.25. The van der Waals surface area contributed by atoms with E-state index in [0.717, 1.165) is 0 Å². The van der Waals surface area contributed by atoms with Crippen LogP contribution in [0.4, 0.5) is 0 Å². The molecule has 0 aromatic heterocycles. The van der Waals surface area contributed by atoms with Crippen molar-refractivity contribution in [2.24, 2.45) is 0 Å². The molecule has 0 aliphatic rings. The molecule has 0 heterocycles. The van der Waals surface area contributed by atoms with E-state index in [2.05, 4.69) is 20.8 Å². The number of rotatable bonds is 0. The Morgan fingerprint density at radius 1 is 1.17 bits per heavy atom. The Hall–Kier alpha value is 1.10. The Labute approximate surface area is 66.6 Å². The zero-order valence-corrected chi connectivity index (χ0v) is 7.83. The normalized spacial score (nSPS) is 4.00. The van der Waals surface area contributed by atoms with Gasteiger partial charge in [0.2, 0.25) is 0 Å². The maximum absolute atomic E-state index is 3.25. The van der Waals surface area contributed by atoms with Gasteiger partial charge in [0.05, 0.1) is 0 Å². The molecule has 0 rings (SSSR count). The molecule has 0 aromatic rings. The molecule has 37 valence electrons. The summed E-state index contributed by atoms with van der Waals surface area (Å²) in [6.07, 6.45) is 1.25. The van der Waals surface area contributed by atoms with Gasteiger partial charge in [-0.2, -0.15) is 6.92 Å². The molecule has 0 saturated heterocycles. The van der Waals surface area contributed by atoms with E-state index in [1.165, 1.54) is 6.42 Å². The second kappa shape index (κ2) is 35.9. The number of hydrogen-bond acceptors (Lipinski definition) is 0. The summed E-state index contributed by atoms with van der Waals surface area (Å²) in [5.74, 6) is 0. The third-order valence-corrected chi connectivity index (χ3v) is 0. The van der Waals surface area contributed by atoms with Crippen molar-refractivity contribution in [2.45, 2.75) is 27.2 Å². The Balaban J connectivity index is -0.0000000275. The predicted molar refractivity (Wildman–Crippen MR) is 27.0 cm³/mol. The first kappa shape index (κ1) is 15.7. The third-order valence-electron chi connectivity index (χ3n) is 0. The van der Waals surface area contributed by atoms with Crippen molar-refractivity contribution >= 4 is 0 Å². The molecule has 0 aliphatic heterocycles. The van der Waals surface area contributed by atoms with Gasteiger partial charge < -0.3 is 6.92 Å². The molecular weight excluding hydrogens is 149 g/mol. The molecular formula is C5H13Y-. The van der Waals surface area contributed by atoms with Crippen LogP contribution in [0, 0.1) is 6.92 Å². The topological polar surface area (TPSA) is 0 Å². The average molecular weight is 162 g/mol. The minimum atomic E-state index is 0. The first-order valence-corrected chi connectivity index (χ1v) is 2.12. The van der Waals surface area contributed by atoms with E-state index in [-0.39, 0.29) is 32.7 Å². The molecule has 0 unspecified atom stereocenters. The average Bonchev–Trinajstić information content (AvgIpc) is 1.46. The molecule has 0 fully saturated rings. The molecule has 0 nitrogen and oxygen atoms in total. The second-order valence-electron chi connectivity index (χ2n) is 0.707. The third kappa shape index (κ3) is 70.5. The fraction of sp³-hybridized carbons (Fsp3) is 0.800. The van der Waals surface area contributed by atoms with Crippen LogP contribution in [0.25, 0.3) is 0 Å². The zero-order valence-electron chi connectivity index (χ0n) is 4.99. The molecule has 0 N–H and O–H groups in total. The van der Waals surface area contributed by atoms with Crippen LogP contribution in [0.3, 0.4) is 0 Å². The summed E-state index contributed by atoms with van der Waals surface area (Å²) >= 11 is 0. The molecule has 0 aliphatic carbocycles. The van der Waals surface area contributed by atoms with Crippen molar-refractivity contribution in [3.05, 3.63) is 6.92 Å². The smallest absolute Gasteiger partial charge is 0 e. The Morgan fingerprint density at radius 3 is 1.17 bits per heavy atom. The van der Waals surface area contributed by atoms with Crippen LogP contribution in [0.5, 0.6) is 0 Å². The summed E-state index contributed by atoms with van der Waals surface area (Å²) in [5.41, 5.74) is 0. The quantitative estimate of drug-likeness (QED) is 0.479. The van der Waals surface area contributed by atoms with E-state index < -0.39 is 0 Å². The summed E-state index contributed by atoms with van der Waals surface area (Å²) in [6.45, 7) is 9.25. The fourth-order valence-electron chi connectivity index (χ4n) is 0. The van der Waals surface area contributed by atoms with Gasteiger partial charge in [-0.1, -0.05) is 20.3 Å². The zero-order chi connectivity index (χ0) is 4.71. The molecule has 0 atom stereocenters. The van der Waals surface area contributed by atoms with E-state index in [9.17, 15) is 0 Å². The summed E-state index contributed by atoms with van der Waals surface area (Å²) in [5, 5.41) is 0. The summed E-state index contributed by atoms with van der Waals surface area (Å²) in [7, 11) is 0. The molecule has 0 saturated carbocycles. The van der Waals surface area contributed by atoms with Gasteiger partial charge in [0.1, 0.15) is 0 Å². The Morgan fingerprint density at radius 2 is 1.17 bits per heavy atom. The van der Waals surface area contributed by atoms with Crippen LogP contribution in [-0.2, 0) is 32.7 Å². The molecule has 6 heavy (non-hydrogen) atoms. The monoisotopic (exact) mass is 162 g/mol. The molecule has 1 heteroatoms. The summed E-state index contributed by atoms with van der Waals surface area (Å²) in [6, 6.07) is 0. The minimum absolute atomic E-state index is 0. The van der Waals surface area contributed by atoms with Crippen LogP contribution in [0.1, 0.15) is 27.2 Å². The first-order valence-electron chi connectivity index (χ1n) is 2.12. The van der Waals surface area contributed by atoms with E-state index >= 15 is 0 Å². The van der Waals surface area contributed by atoms with Crippen LogP contribution in [0.15, 0.2) is 0 Å². The maximum atomic E-state index is 3.25. The van der Waals surface area contributed by atoms with Gasteiger partial charge in [-0.25, -0.2) is 0 Å². The van der Waals surface area contributed by atoms with Gasteiger partial charge in [-0.3, -0.25) is 0 Å². The van der Waals surface area contributed by atoms with Gasteiger partial charge >= 0.3 is 0 Å². The van der Waals surface area contributed by atoms with Gasteiger partial charge in [0.15, 0.2) is 0 Å². The van der Waals surface area contributed by atoms with E-state index in [1.807, 2.05) is 0 Å². The van der Waals surface area contributed by atoms with Crippen molar-refractivity contribution in [3.63, 3.8) is 0 Å². The standard InChI is InChI=1S/C3H8.C2H5.Y/c1-3-2;1-2;/h3H2,1-2H3;1H2,2H3;/q;-1;. The Bertz CT molecular complexity index is 3.90. The van der Waals surface area contributed by atoms with Gasteiger partial charge in [-0.05, 0) is 0 Å².